The Morgan fingerprint density at radius 2 is 2.32 bits per heavy atom. The third-order valence-corrected chi connectivity index (χ3v) is 2.11. The zero-order valence-electron chi connectivity index (χ0n) is 10.8. The number of nitrogens with zero attached hydrogens (tertiary/aromatic N) is 3. The number of pyridine rings is 1. The van der Waals surface area contributed by atoms with E-state index in [9.17, 15) is 15.2 Å². The number of rotatable bonds is 5. The molecule has 0 aliphatic carbocycles. The van der Waals surface area contributed by atoms with Gasteiger partial charge in [0.2, 0.25) is 0 Å². The van der Waals surface area contributed by atoms with Crippen LogP contribution in [-0.4, -0.2) is 33.4 Å². The van der Waals surface area contributed by atoms with Gasteiger partial charge in [0.25, 0.3) is 0 Å². The molecule has 3 N–H and O–H groups in total. The van der Waals surface area contributed by atoms with Gasteiger partial charge in [0.05, 0.1) is 22.8 Å². The molecule has 0 unspecified atom stereocenters. The third-order valence-electron chi connectivity index (χ3n) is 2.11. The first kappa shape index (κ1) is 14.8. The van der Waals surface area contributed by atoms with Gasteiger partial charge < -0.3 is 10.8 Å². The van der Waals surface area contributed by atoms with Crippen molar-refractivity contribution in [2.24, 2.45) is 10.7 Å². The van der Waals surface area contributed by atoms with E-state index in [1.807, 2.05) is 0 Å². The average molecular weight is 264 g/mol. The molecule has 0 aliphatic rings. The SMILES string of the molecule is CC(C)(O)CN=CC(=C(N)c1ccccn1)[N+](=O)[O-]. The van der Waals surface area contributed by atoms with Crippen LogP contribution in [-0.2, 0) is 0 Å². The quantitative estimate of drug-likeness (QED) is 0.464. The van der Waals surface area contributed by atoms with E-state index in [-0.39, 0.29) is 17.9 Å². The zero-order valence-corrected chi connectivity index (χ0v) is 10.8. The van der Waals surface area contributed by atoms with E-state index in [4.69, 9.17) is 5.73 Å². The maximum atomic E-state index is 11.0. The molecular formula is C12H16N4O3. The van der Waals surface area contributed by atoms with Gasteiger partial charge in [-0.15, -0.1) is 0 Å². The predicted molar refractivity (Wildman–Crippen MR) is 72.0 cm³/mol. The van der Waals surface area contributed by atoms with Gasteiger partial charge in [-0.3, -0.25) is 20.1 Å². The summed E-state index contributed by atoms with van der Waals surface area (Å²) in [5.74, 6) is 0. The Labute approximate surface area is 110 Å². The minimum Gasteiger partial charge on any atom is -0.391 e. The Morgan fingerprint density at radius 3 is 2.79 bits per heavy atom. The number of aromatic nitrogens is 1. The zero-order chi connectivity index (χ0) is 14.5. The van der Waals surface area contributed by atoms with Crippen LogP contribution in [0, 0.1) is 10.1 Å². The van der Waals surface area contributed by atoms with Crippen molar-refractivity contribution in [1.29, 1.82) is 0 Å². The maximum Gasteiger partial charge on any atom is 0.311 e. The highest BCUT2D eigenvalue weighted by Gasteiger charge is 2.17. The first-order valence-electron chi connectivity index (χ1n) is 5.59. The number of nitro groups is 1. The molecule has 0 fully saturated rings. The molecule has 1 rings (SSSR count). The number of aliphatic hydroxyl groups is 1. The lowest BCUT2D eigenvalue weighted by Crippen LogP contribution is -2.23. The summed E-state index contributed by atoms with van der Waals surface area (Å²) in [4.78, 5) is 18.1. The molecule has 19 heavy (non-hydrogen) atoms. The molecule has 0 aliphatic heterocycles. The standard InChI is InChI=1S/C12H16N4O3/c1-12(2,17)8-14-7-10(16(18)19)11(13)9-5-3-4-6-15-9/h3-7,17H,8,13H2,1-2H3. The summed E-state index contributed by atoms with van der Waals surface area (Å²) < 4.78 is 0. The lowest BCUT2D eigenvalue weighted by Gasteiger charge is -2.12. The molecule has 102 valence electrons. The molecular weight excluding hydrogens is 248 g/mol. The Balaban J connectivity index is 3.04. The molecule has 7 nitrogen and oxygen atoms in total. The number of hydrogen-bond donors (Lipinski definition) is 2. The van der Waals surface area contributed by atoms with E-state index >= 15 is 0 Å². The van der Waals surface area contributed by atoms with Crippen molar-refractivity contribution in [3.05, 3.63) is 45.9 Å². The van der Waals surface area contributed by atoms with E-state index in [1.165, 1.54) is 6.20 Å². The van der Waals surface area contributed by atoms with Gasteiger partial charge >= 0.3 is 5.70 Å². The highest BCUT2D eigenvalue weighted by Crippen LogP contribution is 2.10. The second kappa shape index (κ2) is 6.05. The first-order valence-corrected chi connectivity index (χ1v) is 5.59. The van der Waals surface area contributed by atoms with Crippen LogP contribution in [0.25, 0.3) is 5.70 Å². The van der Waals surface area contributed by atoms with Gasteiger partial charge in [-0.05, 0) is 26.0 Å². The molecule has 0 bridgehead atoms. The summed E-state index contributed by atoms with van der Waals surface area (Å²) in [5.41, 5.74) is 4.58. The van der Waals surface area contributed by atoms with Crippen molar-refractivity contribution < 1.29 is 10.0 Å². The molecule has 0 saturated heterocycles. The molecule has 0 spiro atoms. The Kier molecular flexibility index (Phi) is 4.71. The van der Waals surface area contributed by atoms with Crippen LogP contribution >= 0.6 is 0 Å². The fourth-order valence-corrected chi connectivity index (χ4v) is 1.22. The minimum atomic E-state index is -1.03. The number of aliphatic imine (C=N–C) groups is 1. The second-order valence-electron chi connectivity index (χ2n) is 4.55. The molecule has 7 heteroatoms. The van der Waals surface area contributed by atoms with E-state index in [0.717, 1.165) is 6.21 Å². The molecule has 0 atom stereocenters. The molecule has 0 aromatic carbocycles. The molecule has 0 radical (unpaired) electrons. The van der Waals surface area contributed by atoms with Crippen LogP contribution in [0.1, 0.15) is 19.5 Å². The Morgan fingerprint density at radius 1 is 1.63 bits per heavy atom. The number of allylic oxidation sites excluding steroid dienone is 1. The Bertz CT molecular complexity index is 503. The van der Waals surface area contributed by atoms with Crippen molar-refractivity contribution >= 4 is 11.9 Å². The Hall–Kier alpha value is -2.28. The van der Waals surface area contributed by atoms with Gasteiger partial charge in [-0.1, -0.05) is 6.07 Å². The van der Waals surface area contributed by atoms with E-state index in [2.05, 4.69) is 9.98 Å². The second-order valence-corrected chi connectivity index (χ2v) is 4.55. The molecule has 0 saturated carbocycles. The van der Waals surface area contributed by atoms with E-state index in [1.54, 1.807) is 32.0 Å². The van der Waals surface area contributed by atoms with Gasteiger partial charge in [0.15, 0.2) is 0 Å². The third kappa shape index (κ3) is 4.84. The summed E-state index contributed by atoms with van der Waals surface area (Å²) in [5, 5.41) is 20.4. The summed E-state index contributed by atoms with van der Waals surface area (Å²) in [6.07, 6.45) is 2.54. The van der Waals surface area contributed by atoms with Crippen LogP contribution in [0.5, 0.6) is 0 Å². The first-order chi connectivity index (χ1) is 8.81. The maximum absolute atomic E-state index is 11.0. The molecule has 1 aromatic heterocycles. The summed E-state index contributed by atoms with van der Waals surface area (Å²) in [6.45, 7) is 3.16. The summed E-state index contributed by atoms with van der Waals surface area (Å²) in [6, 6.07) is 4.94. The van der Waals surface area contributed by atoms with E-state index in [0.29, 0.717) is 5.69 Å². The van der Waals surface area contributed by atoms with Crippen LogP contribution in [0.3, 0.4) is 0 Å². The summed E-state index contributed by atoms with van der Waals surface area (Å²) in [7, 11) is 0. The fraction of sp³-hybridized carbons (Fsp3) is 0.333. The van der Waals surface area contributed by atoms with Crippen LogP contribution in [0.15, 0.2) is 35.1 Å². The monoisotopic (exact) mass is 264 g/mol. The van der Waals surface area contributed by atoms with Gasteiger partial charge in [-0.25, -0.2) is 0 Å². The normalized spacial score (nSPS) is 13.4. The van der Waals surface area contributed by atoms with Crippen LogP contribution < -0.4 is 5.73 Å². The lowest BCUT2D eigenvalue weighted by atomic mass is 10.1. The minimum absolute atomic E-state index is 0.0415. The lowest BCUT2D eigenvalue weighted by molar-refractivity contribution is -0.413. The van der Waals surface area contributed by atoms with E-state index < -0.39 is 10.5 Å². The van der Waals surface area contributed by atoms with Gasteiger partial charge in [-0.2, -0.15) is 0 Å². The highest BCUT2D eigenvalue weighted by molar-refractivity contribution is 5.86. The van der Waals surface area contributed by atoms with Crippen molar-refractivity contribution in [3.63, 3.8) is 0 Å². The van der Waals surface area contributed by atoms with Crippen LogP contribution in [0.4, 0.5) is 0 Å². The van der Waals surface area contributed by atoms with Crippen molar-refractivity contribution in [2.75, 3.05) is 6.54 Å². The van der Waals surface area contributed by atoms with Crippen molar-refractivity contribution in [2.45, 2.75) is 19.4 Å². The summed E-state index contributed by atoms with van der Waals surface area (Å²) >= 11 is 0. The number of hydrogen-bond acceptors (Lipinski definition) is 6. The largest absolute Gasteiger partial charge is 0.391 e. The van der Waals surface area contributed by atoms with Crippen LogP contribution in [0.2, 0.25) is 0 Å². The van der Waals surface area contributed by atoms with Crippen molar-refractivity contribution in [3.8, 4) is 0 Å². The average Bonchev–Trinajstić information content (AvgIpc) is 2.33. The highest BCUT2D eigenvalue weighted by atomic mass is 16.6. The van der Waals surface area contributed by atoms with Gasteiger partial charge in [0, 0.05) is 6.20 Å². The van der Waals surface area contributed by atoms with Gasteiger partial charge in [0.1, 0.15) is 11.9 Å². The molecule has 0 amide bonds. The fourth-order valence-electron chi connectivity index (χ4n) is 1.22. The predicted octanol–water partition coefficient (Wildman–Crippen LogP) is 0.827. The topological polar surface area (TPSA) is 115 Å². The number of nitrogens with two attached hydrogens (primary N) is 1. The smallest absolute Gasteiger partial charge is 0.311 e. The molecule has 1 aromatic rings. The van der Waals surface area contributed by atoms with Crippen molar-refractivity contribution in [1.82, 2.24) is 4.98 Å². The molecule has 1 heterocycles.